The quantitative estimate of drug-likeness (QED) is 0.708. The van der Waals surface area contributed by atoms with Crippen LogP contribution < -0.4 is 5.32 Å². The first-order valence-corrected chi connectivity index (χ1v) is 8.54. The molecule has 0 saturated carbocycles. The lowest BCUT2D eigenvalue weighted by Gasteiger charge is -2.17. The normalized spacial score (nSPS) is 10.7. The van der Waals surface area contributed by atoms with Gasteiger partial charge in [-0.25, -0.2) is 0 Å². The van der Waals surface area contributed by atoms with E-state index in [1.165, 1.54) is 5.56 Å². The lowest BCUT2D eigenvalue weighted by molar-refractivity contribution is 0.0796. The topological polar surface area (TPSA) is 61.4 Å². The molecule has 0 saturated heterocycles. The molecule has 0 fully saturated rings. The Morgan fingerprint density at radius 1 is 1.08 bits per heavy atom. The molecule has 0 unspecified atom stereocenters. The summed E-state index contributed by atoms with van der Waals surface area (Å²) in [5.41, 5.74) is 2.66. The third-order valence-electron chi connectivity index (χ3n) is 3.93. The van der Waals surface area contributed by atoms with Crippen LogP contribution in [0.15, 0.2) is 43.0 Å². The van der Waals surface area contributed by atoms with E-state index in [2.05, 4.69) is 34.3 Å². The number of carbonyl (C=O) groups excluding carboxylic acids is 1. The Morgan fingerprint density at radius 3 is 2.56 bits per heavy atom. The molecule has 0 bridgehead atoms. The van der Waals surface area contributed by atoms with E-state index < -0.39 is 0 Å². The van der Waals surface area contributed by atoms with E-state index in [-0.39, 0.29) is 5.91 Å². The predicted molar refractivity (Wildman–Crippen MR) is 101 cm³/mol. The van der Waals surface area contributed by atoms with Gasteiger partial charge in [0.1, 0.15) is 0 Å². The third-order valence-corrected chi connectivity index (χ3v) is 3.93. The molecule has 2 aromatic heterocycles. The number of hydrogen-bond donors (Lipinski definition) is 1. The molecular formula is C19H27N5O. The van der Waals surface area contributed by atoms with E-state index in [1.807, 2.05) is 25.2 Å². The van der Waals surface area contributed by atoms with Crippen molar-refractivity contribution in [2.24, 2.45) is 0 Å². The summed E-state index contributed by atoms with van der Waals surface area (Å²) in [6, 6.07) is 5.81. The minimum atomic E-state index is -0.0153. The molecule has 25 heavy (non-hydrogen) atoms. The molecule has 0 spiro atoms. The summed E-state index contributed by atoms with van der Waals surface area (Å²) in [6.45, 7) is 2.54. The summed E-state index contributed by atoms with van der Waals surface area (Å²) < 4.78 is 0. The van der Waals surface area contributed by atoms with E-state index >= 15 is 0 Å². The fraction of sp³-hybridized carbons (Fsp3) is 0.421. The SMILES string of the molecule is CN(C)CCCNc1cncc(C(=O)N(C)CCc2ccncc2)c1. The first-order chi connectivity index (χ1) is 12.1. The van der Waals surface area contributed by atoms with Crippen LogP contribution >= 0.6 is 0 Å². The van der Waals surface area contributed by atoms with E-state index in [4.69, 9.17) is 0 Å². The molecule has 0 aromatic carbocycles. The van der Waals surface area contributed by atoms with Gasteiger partial charge in [-0.1, -0.05) is 0 Å². The number of nitrogens with zero attached hydrogens (tertiary/aromatic N) is 4. The highest BCUT2D eigenvalue weighted by molar-refractivity contribution is 5.94. The van der Waals surface area contributed by atoms with Crippen LogP contribution in [0.4, 0.5) is 5.69 Å². The summed E-state index contributed by atoms with van der Waals surface area (Å²) in [5, 5.41) is 3.33. The number of carbonyl (C=O) groups is 1. The standard InChI is InChI=1S/C19H27N5O/c1-23(2)11-4-8-22-18-13-17(14-21-15-18)19(25)24(3)12-7-16-5-9-20-10-6-16/h5-6,9-10,13-15,22H,4,7-8,11-12H2,1-3H3. The zero-order valence-electron chi connectivity index (χ0n) is 15.3. The van der Waals surface area contributed by atoms with Crippen molar-refractivity contribution in [3.8, 4) is 0 Å². The van der Waals surface area contributed by atoms with Crippen molar-refractivity contribution in [2.45, 2.75) is 12.8 Å². The largest absolute Gasteiger partial charge is 0.384 e. The number of likely N-dealkylation sites (N-methyl/N-ethyl adjacent to an activating group) is 1. The van der Waals surface area contributed by atoms with Crippen molar-refractivity contribution >= 4 is 11.6 Å². The van der Waals surface area contributed by atoms with Crippen molar-refractivity contribution in [1.29, 1.82) is 0 Å². The molecule has 2 rings (SSSR count). The molecule has 0 aliphatic carbocycles. The molecule has 0 atom stereocenters. The van der Waals surface area contributed by atoms with Crippen LogP contribution in [-0.4, -0.2) is 66.5 Å². The fourth-order valence-electron chi connectivity index (χ4n) is 2.45. The molecule has 1 N–H and O–H groups in total. The van der Waals surface area contributed by atoms with Gasteiger partial charge in [-0.3, -0.25) is 14.8 Å². The zero-order valence-corrected chi connectivity index (χ0v) is 15.3. The van der Waals surface area contributed by atoms with Gasteiger partial charge in [0, 0.05) is 44.9 Å². The fourth-order valence-corrected chi connectivity index (χ4v) is 2.45. The van der Waals surface area contributed by atoms with Gasteiger partial charge in [0.05, 0.1) is 11.3 Å². The van der Waals surface area contributed by atoms with Gasteiger partial charge in [-0.05, 0) is 57.2 Å². The second-order valence-corrected chi connectivity index (χ2v) is 6.38. The first kappa shape index (κ1) is 18.9. The Morgan fingerprint density at radius 2 is 1.84 bits per heavy atom. The Balaban J connectivity index is 1.86. The second-order valence-electron chi connectivity index (χ2n) is 6.38. The Kier molecular flexibility index (Phi) is 7.35. The highest BCUT2D eigenvalue weighted by Gasteiger charge is 2.12. The Hall–Kier alpha value is -2.47. The van der Waals surface area contributed by atoms with Crippen molar-refractivity contribution in [2.75, 3.05) is 46.1 Å². The van der Waals surface area contributed by atoms with Crippen LogP contribution in [-0.2, 0) is 6.42 Å². The van der Waals surface area contributed by atoms with E-state index in [0.717, 1.165) is 31.6 Å². The van der Waals surface area contributed by atoms with E-state index in [0.29, 0.717) is 12.1 Å². The number of nitrogens with one attached hydrogen (secondary N) is 1. The van der Waals surface area contributed by atoms with Gasteiger partial charge in [0.25, 0.3) is 5.91 Å². The van der Waals surface area contributed by atoms with Crippen molar-refractivity contribution in [1.82, 2.24) is 19.8 Å². The van der Waals surface area contributed by atoms with Gasteiger partial charge in [0.2, 0.25) is 0 Å². The molecule has 0 radical (unpaired) electrons. The summed E-state index contributed by atoms with van der Waals surface area (Å²) in [5.74, 6) is -0.0153. The summed E-state index contributed by atoms with van der Waals surface area (Å²) >= 11 is 0. The van der Waals surface area contributed by atoms with E-state index in [1.54, 1.807) is 29.7 Å². The average Bonchev–Trinajstić information content (AvgIpc) is 2.63. The molecule has 134 valence electrons. The zero-order chi connectivity index (χ0) is 18.1. The molecule has 6 nitrogen and oxygen atoms in total. The van der Waals surface area contributed by atoms with Crippen LogP contribution in [0.1, 0.15) is 22.3 Å². The van der Waals surface area contributed by atoms with Crippen LogP contribution in [0.3, 0.4) is 0 Å². The minimum absolute atomic E-state index is 0.0153. The Bertz CT molecular complexity index is 660. The van der Waals surface area contributed by atoms with Gasteiger partial charge >= 0.3 is 0 Å². The molecule has 1 amide bonds. The monoisotopic (exact) mass is 341 g/mol. The summed E-state index contributed by atoms with van der Waals surface area (Å²) in [4.78, 5) is 24.7. The first-order valence-electron chi connectivity index (χ1n) is 8.54. The molecule has 0 aliphatic rings. The maximum atomic E-state index is 12.6. The van der Waals surface area contributed by atoms with Gasteiger partial charge in [-0.15, -0.1) is 0 Å². The minimum Gasteiger partial charge on any atom is -0.384 e. The predicted octanol–water partition coefficient (Wildman–Crippen LogP) is 2.15. The van der Waals surface area contributed by atoms with Gasteiger partial charge < -0.3 is 15.1 Å². The van der Waals surface area contributed by atoms with Crippen LogP contribution in [0, 0.1) is 0 Å². The third kappa shape index (κ3) is 6.51. The smallest absolute Gasteiger partial charge is 0.255 e. The molecule has 0 aliphatic heterocycles. The highest BCUT2D eigenvalue weighted by Crippen LogP contribution is 2.11. The average molecular weight is 341 g/mol. The molecule has 6 heteroatoms. The lowest BCUT2D eigenvalue weighted by Crippen LogP contribution is -2.29. The van der Waals surface area contributed by atoms with Crippen molar-refractivity contribution < 1.29 is 4.79 Å². The van der Waals surface area contributed by atoms with E-state index in [9.17, 15) is 4.79 Å². The number of rotatable bonds is 9. The Labute approximate surface area is 149 Å². The molecular weight excluding hydrogens is 314 g/mol. The van der Waals surface area contributed by atoms with Crippen molar-refractivity contribution in [3.05, 3.63) is 54.1 Å². The van der Waals surface area contributed by atoms with Crippen LogP contribution in [0.25, 0.3) is 0 Å². The maximum Gasteiger partial charge on any atom is 0.255 e. The van der Waals surface area contributed by atoms with Crippen molar-refractivity contribution in [3.63, 3.8) is 0 Å². The summed E-state index contributed by atoms with van der Waals surface area (Å²) in [6.07, 6.45) is 8.76. The molecule has 2 heterocycles. The number of aromatic nitrogens is 2. The number of hydrogen-bond acceptors (Lipinski definition) is 5. The maximum absolute atomic E-state index is 12.6. The number of amides is 1. The van der Waals surface area contributed by atoms with Crippen LogP contribution in [0.2, 0.25) is 0 Å². The van der Waals surface area contributed by atoms with Gasteiger partial charge in [-0.2, -0.15) is 0 Å². The second kappa shape index (κ2) is 9.74. The number of anilines is 1. The molecule has 2 aromatic rings. The summed E-state index contributed by atoms with van der Waals surface area (Å²) in [7, 11) is 5.94. The lowest BCUT2D eigenvalue weighted by atomic mass is 10.2. The number of pyridine rings is 2. The van der Waals surface area contributed by atoms with Crippen LogP contribution in [0.5, 0.6) is 0 Å². The van der Waals surface area contributed by atoms with Gasteiger partial charge in [0.15, 0.2) is 0 Å². The highest BCUT2D eigenvalue weighted by atomic mass is 16.2.